The Balaban J connectivity index is 1.75. The van der Waals surface area contributed by atoms with E-state index >= 15 is 0 Å². The van der Waals surface area contributed by atoms with Gasteiger partial charge in [0.05, 0.1) is 23.3 Å². The van der Waals surface area contributed by atoms with Gasteiger partial charge in [-0.1, -0.05) is 47.5 Å². The van der Waals surface area contributed by atoms with Gasteiger partial charge in [0.1, 0.15) is 0 Å². The van der Waals surface area contributed by atoms with Gasteiger partial charge >= 0.3 is 0 Å². The molecule has 0 N–H and O–H groups in total. The van der Waals surface area contributed by atoms with Crippen LogP contribution in [0.5, 0.6) is 0 Å². The zero-order chi connectivity index (χ0) is 22.8. The smallest absolute Gasteiger partial charge is 0.253 e. The quantitative estimate of drug-likeness (QED) is 0.408. The summed E-state index contributed by atoms with van der Waals surface area (Å²) in [6.45, 7) is 2.75. The van der Waals surface area contributed by atoms with Crippen LogP contribution in [0.2, 0.25) is 10.0 Å². The largest absolute Gasteiger partial charge is 0.383 e. The highest BCUT2D eigenvalue weighted by Gasteiger charge is 2.23. The maximum absolute atomic E-state index is 13.2. The topological polar surface area (TPSA) is 48.0 Å². The molecule has 0 spiro atoms. The summed E-state index contributed by atoms with van der Waals surface area (Å²) in [5.41, 5.74) is 1.68. The van der Waals surface area contributed by atoms with Gasteiger partial charge in [-0.2, -0.15) is 0 Å². The lowest BCUT2D eigenvalue weighted by Gasteiger charge is -2.29. The first-order chi connectivity index (χ1) is 15.6. The van der Waals surface area contributed by atoms with Crippen LogP contribution in [-0.2, 0) is 14.2 Å². The molecule has 2 aromatic rings. The Morgan fingerprint density at radius 2 is 1.94 bits per heavy atom. The van der Waals surface area contributed by atoms with Crippen molar-refractivity contribution in [3.63, 3.8) is 0 Å². The van der Waals surface area contributed by atoms with Crippen LogP contribution in [0.15, 0.2) is 48.5 Å². The Kier molecular flexibility index (Phi) is 10.3. The van der Waals surface area contributed by atoms with E-state index in [1.165, 1.54) is 0 Å². The molecule has 2 aromatic carbocycles. The second kappa shape index (κ2) is 13.2. The molecular formula is C25H31Cl2NO4. The first-order valence-corrected chi connectivity index (χ1v) is 11.9. The second-order valence-electron chi connectivity index (χ2n) is 7.94. The van der Waals surface area contributed by atoms with Gasteiger partial charge in [0.2, 0.25) is 0 Å². The molecule has 0 bridgehead atoms. The summed E-state index contributed by atoms with van der Waals surface area (Å²) < 4.78 is 16.9. The Bertz CT molecular complexity index is 843. The van der Waals surface area contributed by atoms with E-state index in [9.17, 15) is 4.79 Å². The monoisotopic (exact) mass is 479 g/mol. The predicted octanol–water partition coefficient (Wildman–Crippen LogP) is 5.80. The van der Waals surface area contributed by atoms with Gasteiger partial charge in [0, 0.05) is 38.3 Å². The van der Waals surface area contributed by atoms with E-state index in [-0.39, 0.29) is 18.1 Å². The van der Waals surface area contributed by atoms with E-state index in [1.807, 2.05) is 47.4 Å². The fraction of sp³-hybridized carbons (Fsp3) is 0.480. The summed E-state index contributed by atoms with van der Waals surface area (Å²) >= 11 is 12.5. The highest BCUT2D eigenvalue weighted by atomic mass is 35.5. The first-order valence-electron chi connectivity index (χ1n) is 11.1. The summed E-state index contributed by atoms with van der Waals surface area (Å²) in [6, 6.07) is 15.0. The van der Waals surface area contributed by atoms with Crippen LogP contribution >= 0.6 is 23.2 Å². The molecule has 0 aromatic heterocycles. The zero-order valence-electron chi connectivity index (χ0n) is 18.5. The van der Waals surface area contributed by atoms with E-state index in [0.29, 0.717) is 41.9 Å². The fourth-order valence-electron chi connectivity index (χ4n) is 3.82. The molecule has 0 saturated carbocycles. The molecule has 2 unspecified atom stereocenters. The summed E-state index contributed by atoms with van der Waals surface area (Å²) in [7, 11) is 1.64. The average Bonchev–Trinajstić information content (AvgIpc) is 2.83. The highest BCUT2D eigenvalue weighted by molar-refractivity contribution is 6.42. The van der Waals surface area contributed by atoms with Gasteiger partial charge in [-0.25, -0.2) is 0 Å². The molecule has 2 atom stereocenters. The molecule has 1 fully saturated rings. The minimum absolute atomic E-state index is 0.0238. The molecule has 5 nitrogen and oxygen atoms in total. The van der Waals surface area contributed by atoms with E-state index < -0.39 is 0 Å². The third-order valence-corrected chi connectivity index (χ3v) is 6.38. The number of halogens is 2. The Hall–Kier alpha value is -1.63. The van der Waals surface area contributed by atoms with Gasteiger partial charge in [-0.3, -0.25) is 4.79 Å². The van der Waals surface area contributed by atoms with Crippen molar-refractivity contribution in [3.05, 3.63) is 69.7 Å². The van der Waals surface area contributed by atoms with Crippen LogP contribution in [0, 0.1) is 0 Å². The molecule has 0 radical (unpaired) electrons. The average molecular weight is 480 g/mol. The third-order valence-electron chi connectivity index (χ3n) is 5.64. The zero-order valence-corrected chi connectivity index (χ0v) is 20.0. The van der Waals surface area contributed by atoms with Gasteiger partial charge in [-0.05, 0) is 55.5 Å². The van der Waals surface area contributed by atoms with Crippen LogP contribution in [0.3, 0.4) is 0 Å². The number of carbonyl (C=O) groups excluding carboxylic acids is 1. The maximum Gasteiger partial charge on any atom is 0.253 e. The van der Waals surface area contributed by atoms with Crippen molar-refractivity contribution in [2.75, 3.05) is 40.0 Å². The number of hydrogen-bond donors (Lipinski definition) is 0. The molecule has 1 saturated heterocycles. The Morgan fingerprint density at radius 3 is 2.62 bits per heavy atom. The summed E-state index contributed by atoms with van der Waals surface area (Å²) in [5, 5.41) is 1.01. The highest BCUT2D eigenvalue weighted by Crippen LogP contribution is 2.29. The number of hydrogen-bond acceptors (Lipinski definition) is 4. The van der Waals surface area contributed by atoms with Crippen molar-refractivity contribution in [2.24, 2.45) is 0 Å². The lowest BCUT2D eigenvalue weighted by molar-refractivity contribution is -0.163. The normalized spacial score (nSPS) is 17.2. The van der Waals surface area contributed by atoms with Gasteiger partial charge in [0.25, 0.3) is 5.91 Å². The van der Waals surface area contributed by atoms with E-state index in [1.54, 1.807) is 13.2 Å². The number of nitrogens with zero attached hydrogens (tertiary/aromatic N) is 1. The Labute approximate surface area is 200 Å². The fourth-order valence-corrected chi connectivity index (χ4v) is 4.13. The van der Waals surface area contributed by atoms with Crippen LogP contribution in [0.1, 0.15) is 47.5 Å². The van der Waals surface area contributed by atoms with Crippen LogP contribution in [0.25, 0.3) is 0 Å². The van der Waals surface area contributed by atoms with Crippen molar-refractivity contribution in [1.82, 2.24) is 4.90 Å². The molecule has 3 rings (SSSR count). The summed E-state index contributed by atoms with van der Waals surface area (Å²) in [4.78, 5) is 15.1. The lowest BCUT2D eigenvalue weighted by Crippen LogP contribution is -2.37. The first kappa shape index (κ1) is 25.0. The van der Waals surface area contributed by atoms with Crippen LogP contribution in [-0.4, -0.2) is 57.1 Å². The van der Waals surface area contributed by atoms with Gasteiger partial charge in [-0.15, -0.1) is 0 Å². The molecule has 174 valence electrons. The molecule has 0 aliphatic carbocycles. The number of carbonyl (C=O) groups is 1. The van der Waals surface area contributed by atoms with E-state index in [0.717, 1.165) is 37.9 Å². The standard InChI is InChI=1S/C25H31Cl2NO4/c1-30-16-13-28(25(29)19-7-3-2-4-8-19)18-21(20-10-11-22(26)23(27)17-20)12-15-32-24-9-5-6-14-31-24/h2-4,7-8,10-11,17,21,24H,5-6,9,12-16,18H2,1H3. The summed E-state index contributed by atoms with van der Waals surface area (Å²) in [5.74, 6) is 0.00196. The third kappa shape index (κ3) is 7.46. The molecule has 1 aliphatic heterocycles. The number of amides is 1. The van der Waals surface area contributed by atoms with Crippen molar-refractivity contribution in [1.29, 1.82) is 0 Å². The lowest BCUT2D eigenvalue weighted by atomic mass is 9.95. The summed E-state index contributed by atoms with van der Waals surface area (Å²) in [6.07, 6.45) is 3.71. The van der Waals surface area contributed by atoms with Gasteiger partial charge in [0.15, 0.2) is 6.29 Å². The van der Waals surface area contributed by atoms with Crippen molar-refractivity contribution in [2.45, 2.75) is 37.9 Å². The second-order valence-corrected chi connectivity index (χ2v) is 8.75. The van der Waals surface area contributed by atoms with Crippen molar-refractivity contribution >= 4 is 29.1 Å². The van der Waals surface area contributed by atoms with Crippen molar-refractivity contribution in [3.8, 4) is 0 Å². The minimum atomic E-state index is -0.145. The molecule has 1 amide bonds. The molecular weight excluding hydrogens is 449 g/mol. The maximum atomic E-state index is 13.2. The number of benzene rings is 2. The predicted molar refractivity (Wildman–Crippen MR) is 128 cm³/mol. The number of ether oxygens (including phenoxy) is 3. The van der Waals surface area contributed by atoms with Crippen molar-refractivity contribution < 1.29 is 19.0 Å². The van der Waals surface area contributed by atoms with Crippen LogP contribution < -0.4 is 0 Å². The van der Waals surface area contributed by atoms with E-state index in [2.05, 4.69) is 0 Å². The van der Waals surface area contributed by atoms with E-state index in [4.69, 9.17) is 37.4 Å². The number of rotatable bonds is 11. The van der Waals surface area contributed by atoms with Gasteiger partial charge < -0.3 is 19.1 Å². The molecule has 1 heterocycles. The molecule has 1 aliphatic rings. The number of methoxy groups -OCH3 is 1. The SMILES string of the molecule is COCCN(CC(CCOC1CCCCO1)c1ccc(Cl)c(Cl)c1)C(=O)c1ccccc1. The minimum Gasteiger partial charge on any atom is -0.383 e. The van der Waals surface area contributed by atoms with Crippen LogP contribution in [0.4, 0.5) is 0 Å². The molecule has 32 heavy (non-hydrogen) atoms. The Morgan fingerprint density at radius 1 is 1.12 bits per heavy atom. The molecule has 7 heteroatoms.